The quantitative estimate of drug-likeness (QED) is 0.409. The van der Waals surface area contributed by atoms with Crippen LogP contribution in [-0.4, -0.2) is 35.0 Å². The molecule has 2 heterocycles. The maximum Gasteiger partial charge on any atom is 0.263 e. The van der Waals surface area contributed by atoms with Crippen LogP contribution in [0.3, 0.4) is 0 Å². The molecule has 10 heteroatoms. The molecule has 5 rings (SSSR count). The Morgan fingerprint density at radius 3 is 2.57 bits per heavy atom. The van der Waals surface area contributed by atoms with E-state index in [2.05, 4.69) is 47.6 Å². The molecule has 3 aromatic carbocycles. The molecule has 0 fully saturated rings. The molecule has 0 aromatic heterocycles. The van der Waals surface area contributed by atoms with Gasteiger partial charge in [-0.25, -0.2) is 15.4 Å². The largest absolute Gasteiger partial charge is 0.319 e. The van der Waals surface area contributed by atoms with Crippen LogP contribution in [0, 0.1) is 0 Å². The zero-order chi connectivity index (χ0) is 24.5. The van der Waals surface area contributed by atoms with Gasteiger partial charge in [0.1, 0.15) is 0 Å². The maximum absolute atomic E-state index is 13.2. The molecule has 2 N–H and O–H groups in total. The molecule has 0 spiro atoms. The molecular formula is C25H16Br2ClN5O2. The van der Waals surface area contributed by atoms with E-state index in [4.69, 9.17) is 16.6 Å². The van der Waals surface area contributed by atoms with Crippen molar-refractivity contribution in [2.24, 2.45) is 9.98 Å². The minimum atomic E-state index is -0.321. The third kappa shape index (κ3) is 4.85. The first-order valence-electron chi connectivity index (χ1n) is 10.5. The predicted octanol–water partition coefficient (Wildman–Crippen LogP) is 5.47. The van der Waals surface area contributed by atoms with Gasteiger partial charge in [-0.2, -0.15) is 4.99 Å². The summed E-state index contributed by atoms with van der Waals surface area (Å²) in [7, 11) is 0. The van der Waals surface area contributed by atoms with Gasteiger partial charge in [-0.15, -0.1) is 0 Å². The number of rotatable bonds is 4. The van der Waals surface area contributed by atoms with Crippen LogP contribution in [-0.2, 0) is 4.79 Å². The Bertz CT molecular complexity index is 1450. The van der Waals surface area contributed by atoms with Crippen molar-refractivity contribution in [2.75, 3.05) is 6.54 Å². The molecule has 0 bridgehead atoms. The van der Waals surface area contributed by atoms with Crippen molar-refractivity contribution in [3.05, 3.63) is 103 Å². The van der Waals surface area contributed by atoms with Crippen molar-refractivity contribution in [1.29, 1.82) is 0 Å². The highest BCUT2D eigenvalue weighted by molar-refractivity contribution is 9.11. The molecule has 2 aliphatic rings. The van der Waals surface area contributed by atoms with Gasteiger partial charge >= 0.3 is 0 Å². The first-order valence-corrected chi connectivity index (χ1v) is 12.4. The second-order valence-electron chi connectivity index (χ2n) is 7.62. The highest BCUT2D eigenvalue weighted by Crippen LogP contribution is 2.38. The molecule has 0 radical (unpaired) electrons. The number of hydrogen-bond donors (Lipinski definition) is 2. The van der Waals surface area contributed by atoms with Crippen LogP contribution in [0.4, 0.5) is 5.69 Å². The van der Waals surface area contributed by atoms with E-state index >= 15 is 0 Å². The number of nitrogens with zero attached hydrogens (tertiary/aromatic N) is 3. The van der Waals surface area contributed by atoms with Crippen LogP contribution < -0.4 is 10.7 Å². The van der Waals surface area contributed by atoms with Crippen LogP contribution in [0.5, 0.6) is 0 Å². The lowest BCUT2D eigenvalue weighted by atomic mass is 10.1. The molecule has 2 amide bonds. The summed E-state index contributed by atoms with van der Waals surface area (Å²) in [6.07, 6.45) is 1.75. The lowest BCUT2D eigenvalue weighted by Gasteiger charge is -2.35. The monoisotopic (exact) mass is 611 g/mol. The van der Waals surface area contributed by atoms with E-state index in [1.807, 2.05) is 36.4 Å². The number of fused-ring (bicyclic) bond motifs is 3. The van der Waals surface area contributed by atoms with Crippen molar-refractivity contribution in [1.82, 2.24) is 15.8 Å². The molecular weight excluding hydrogens is 598 g/mol. The zero-order valence-electron chi connectivity index (χ0n) is 17.9. The predicted molar refractivity (Wildman–Crippen MR) is 144 cm³/mol. The molecule has 7 nitrogen and oxygen atoms in total. The number of hydrazine groups is 1. The Hall–Kier alpha value is -3.11. The summed E-state index contributed by atoms with van der Waals surface area (Å²) in [5, 5.41) is 5.09. The van der Waals surface area contributed by atoms with Gasteiger partial charge in [0.15, 0.2) is 11.7 Å². The third-order valence-corrected chi connectivity index (χ3v) is 6.67. The zero-order valence-corrected chi connectivity index (χ0v) is 21.9. The smallest absolute Gasteiger partial charge is 0.263 e. The number of amides is 2. The van der Waals surface area contributed by atoms with Crippen molar-refractivity contribution in [2.45, 2.75) is 0 Å². The van der Waals surface area contributed by atoms with Crippen molar-refractivity contribution >= 4 is 78.7 Å². The number of hydrogen-bond acceptors (Lipinski definition) is 5. The molecule has 0 aliphatic carbocycles. The van der Waals surface area contributed by atoms with Gasteiger partial charge in [-0.05, 0) is 57.9 Å². The number of carbonyl (C=O) groups excluding carboxylic acids is 2. The SMILES string of the molecule is O=C1CNN2C(/C(=C/c3ccccc3Cl)NC(=O)c3ccccc3)=Nc3c(Br)cc(Br)cc3C2=N1. The van der Waals surface area contributed by atoms with Gasteiger partial charge < -0.3 is 5.32 Å². The van der Waals surface area contributed by atoms with Gasteiger partial charge in [-0.3, -0.25) is 9.59 Å². The first kappa shape index (κ1) is 23.6. The van der Waals surface area contributed by atoms with Crippen LogP contribution >= 0.6 is 43.5 Å². The first-order chi connectivity index (χ1) is 16.9. The van der Waals surface area contributed by atoms with E-state index in [0.717, 1.165) is 4.47 Å². The Morgan fingerprint density at radius 2 is 1.80 bits per heavy atom. The van der Waals surface area contributed by atoms with Crippen molar-refractivity contribution < 1.29 is 9.59 Å². The summed E-state index contributed by atoms with van der Waals surface area (Å²) >= 11 is 13.5. The molecule has 0 unspecified atom stereocenters. The Labute approximate surface area is 222 Å². The third-order valence-electron chi connectivity index (χ3n) is 5.26. The lowest BCUT2D eigenvalue weighted by Crippen LogP contribution is -2.55. The molecule has 35 heavy (non-hydrogen) atoms. The summed E-state index contributed by atoms with van der Waals surface area (Å²) < 4.78 is 1.50. The second-order valence-corrected chi connectivity index (χ2v) is 9.80. The average molecular weight is 614 g/mol. The summed E-state index contributed by atoms with van der Waals surface area (Å²) in [5.41, 5.74) is 5.84. The van der Waals surface area contributed by atoms with E-state index in [9.17, 15) is 9.59 Å². The number of carbonyl (C=O) groups is 2. The minimum Gasteiger partial charge on any atom is -0.319 e. The number of aliphatic imine (C=N–C) groups is 2. The molecule has 2 aliphatic heterocycles. The molecule has 3 aromatic rings. The summed E-state index contributed by atoms with van der Waals surface area (Å²) in [6.45, 7) is -0.0149. The van der Waals surface area contributed by atoms with Crippen LogP contribution in [0.15, 0.2) is 91.4 Å². The minimum absolute atomic E-state index is 0.0149. The number of benzene rings is 3. The highest BCUT2D eigenvalue weighted by Gasteiger charge is 2.34. The number of amidine groups is 2. The number of nitrogens with one attached hydrogen (secondary N) is 2. The van der Waals surface area contributed by atoms with Crippen LogP contribution in [0.2, 0.25) is 5.02 Å². The molecule has 0 saturated carbocycles. The fourth-order valence-corrected chi connectivity index (χ4v) is 5.16. The van der Waals surface area contributed by atoms with Crippen molar-refractivity contribution in [3.63, 3.8) is 0 Å². The summed E-state index contributed by atoms with van der Waals surface area (Å²) in [6, 6.07) is 19.8. The number of halogens is 3. The molecule has 174 valence electrons. The fourth-order valence-electron chi connectivity index (χ4n) is 3.66. The van der Waals surface area contributed by atoms with E-state index in [1.165, 1.54) is 0 Å². The highest BCUT2D eigenvalue weighted by atomic mass is 79.9. The molecule has 0 saturated heterocycles. The second kappa shape index (κ2) is 9.87. The Balaban J connectivity index is 1.69. The lowest BCUT2D eigenvalue weighted by molar-refractivity contribution is -0.117. The normalized spacial score (nSPS) is 15.1. The van der Waals surface area contributed by atoms with Gasteiger partial charge in [-0.1, -0.05) is 63.9 Å². The van der Waals surface area contributed by atoms with Gasteiger partial charge in [0, 0.05) is 25.1 Å². The maximum atomic E-state index is 13.2. The van der Waals surface area contributed by atoms with Crippen LogP contribution in [0.25, 0.3) is 6.08 Å². The Kier molecular flexibility index (Phi) is 6.66. The molecule has 0 atom stereocenters. The summed E-state index contributed by atoms with van der Waals surface area (Å²) in [4.78, 5) is 34.5. The average Bonchev–Trinajstić information content (AvgIpc) is 2.85. The van der Waals surface area contributed by atoms with E-state index in [1.54, 1.807) is 41.4 Å². The van der Waals surface area contributed by atoms with Gasteiger partial charge in [0.2, 0.25) is 0 Å². The van der Waals surface area contributed by atoms with Crippen LogP contribution in [0.1, 0.15) is 21.5 Å². The topological polar surface area (TPSA) is 86.2 Å². The standard InChI is InChI=1S/C25H16Br2ClN5O2/c26-16-11-17-22(18(27)12-16)32-24(33-23(17)31-21(34)13-29-33)20(10-15-8-4-5-9-19(15)28)30-25(35)14-6-2-1-3-7-14/h1-12,29H,13H2,(H,30,35)/b20-10-. The van der Waals surface area contributed by atoms with E-state index in [0.29, 0.717) is 49.2 Å². The van der Waals surface area contributed by atoms with Gasteiger partial charge in [0.25, 0.3) is 11.8 Å². The van der Waals surface area contributed by atoms with E-state index < -0.39 is 0 Å². The summed E-state index contributed by atoms with van der Waals surface area (Å²) in [5.74, 6) is 0.0987. The Morgan fingerprint density at radius 1 is 1.06 bits per heavy atom. The van der Waals surface area contributed by atoms with Gasteiger partial charge in [0.05, 0.1) is 17.9 Å². The van der Waals surface area contributed by atoms with E-state index in [-0.39, 0.29) is 18.4 Å². The van der Waals surface area contributed by atoms with Crippen molar-refractivity contribution in [3.8, 4) is 0 Å². The fraction of sp³-hybridized carbons (Fsp3) is 0.0400.